The van der Waals surface area contributed by atoms with Gasteiger partial charge in [-0.1, -0.05) is 59.6 Å². The number of rotatable bonds is 13. The Morgan fingerprint density at radius 2 is 1.63 bits per heavy atom. The number of benzene rings is 3. The summed E-state index contributed by atoms with van der Waals surface area (Å²) >= 11 is 12.5. The molecule has 0 heterocycles. The first kappa shape index (κ1) is 32.4. The molecule has 0 spiro atoms. The number of halogens is 3. The molecule has 3 aromatic carbocycles. The van der Waals surface area contributed by atoms with E-state index in [-0.39, 0.29) is 50.2 Å². The van der Waals surface area contributed by atoms with E-state index >= 15 is 0 Å². The molecule has 0 fully saturated rings. The molecule has 3 aromatic rings. The Kier molecular flexibility index (Phi) is 11.6. The third-order valence-corrected chi connectivity index (χ3v) is 8.11. The van der Waals surface area contributed by atoms with Gasteiger partial charge in [0.15, 0.2) is 0 Å². The van der Waals surface area contributed by atoms with Crippen molar-refractivity contribution in [1.29, 1.82) is 0 Å². The SMILES string of the molecule is CC(C)NC(=O)[C@H](Cc1ccccc1)N(Cc1ccc(Cl)cc1Cl)C(=O)CCCN(c1ccc(F)cc1)S(C)(=O)=O. The zero-order chi connectivity index (χ0) is 30.2. The van der Waals surface area contributed by atoms with Gasteiger partial charge in [-0.25, -0.2) is 12.8 Å². The zero-order valence-electron chi connectivity index (χ0n) is 23.2. The van der Waals surface area contributed by atoms with Gasteiger partial charge >= 0.3 is 0 Å². The second-order valence-corrected chi connectivity index (χ2v) is 12.8. The standard InChI is InChI=1S/C30H34Cl2FN3O4S/c1-21(2)34-30(38)28(18-22-8-5-4-6-9-22)35(20-23-11-12-24(31)19-27(23)32)29(37)10-7-17-36(41(3,39)40)26-15-13-25(33)14-16-26/h4-6,8-9,11-16,19,21,28H,7,10,17-18,20H2,1-3H3,(H,34,38)/t28-/m0/s1. The van der Waals surface area contributed by atoms with Crippen molar-refractivity contribution in [2.75, 3.05) is 17.1 Å². The van der Waals surface area contributed by atoms with Crippen molar-refractivity contribution in [3.8, 4) is 0 Å². The van der Waals surface area contributed by atoms with Gasteiger partial charge < -0.3 is 10.2 Å². The van der Waals surface area contributed by atoms with E-state index in [1.54, 1.807) is 18.2 Å². The van der Waals surface area contributed by atoms with E-state index in [1.807, 2.05) is 44.2 Å². The minimum absolute atomic E-state index is 0.00666. The molecule has 0 bridgehead atoms. The molecule has 1 atom stereocenters. The number of sulfonamides is 1. The predicted molar refractivity (Wildman–Crippen MR) is 162 cm³/mol. The lowest BCUT2D eigenvalue weighted by Crippen LogP contribution is -2.51. The van der Waals surface area contributed by atoms with E-state index < -0.39 is 21.9 Å². The van der Waals surface area contributed by atoms with Crippen LogP contribution >= 0.6 is 23.2 Å². The number of carbonyl (C=O) groups excluding carboxylic acids is 2. The number of hydrogen-bond donors (Lipinski definition) is 1. The van der Waals surface area contributed by atoms with Gasteiger partial charge in [0.1, 0.15) is 11.9 Å². The van der Waals surface area contributed by atoms with Gasteiger partial charge in [-0.05, 0) is 67.8 Å². The van der Waals surface area contributed by atoms with Gasteiger partial charge in [-0.2, -0.15) is 0 Å². The van der Waals surface area contributed by atoms with Crippen LogP contribution in [0, 0.1) is 5.82 Å². The number of nitrogens with one attached hydrogen (secondary N) is 1. The maximum absolute atomic E-state index is 13.8. The molecule has 220 valence electrons. The Morgan fingerprint density at radius 1 is 0.976 bits per heavy atom. The zero-order valence-corrected chi connectivity index (χ0v) is 25.5. The molecule has 0 aliphatic heterocycles. The normalized spacial score (nSPS) is 12.2. The number of carbonyl (C=O) groups is 2. The van der Waals surface area contributed by atoms with Gasteiger partial charge in [0.25, 0.3) is 0 Å². The fourth-order valence-corrected chi connectivity index (χ4v) is 5.81. The van der Waals surface area contributed by atoms with Crippen molar-refractivity contribution in [3.05, 3.63) is 99.8 Å². The van der Waals surface area contributed by atoms with E-state index in [4.69, 9.17) is 23.2 Å². The van der Waals surface area contributed by atoms with Crippen molar-refractivity contribution in [2.24, 2.45) is 0 Å². The highest BCUT2D eigenvalue weighted by Gasteiger charge is 2.31. The summed E-state index contributed by atoms with van der Waals surface area (Å²) in [7, 11) is -3.70. The molecule has 2 amide bonds. The molecule has 0 unspecified atom stereocenters. The second kappa shape index (κ2) is 14.7. The molecule has 0 aliphatic carbocycles. The van der Waals surface area contributed by atoms with E-state index in [9.17, 15) is 22.4 Å². The highest BCUT2D eigenvalue weighted by molar-refractivity contribution is 7.92. The van der Waals surface area contributed by atoms with Crippen molar-refractivity contribution < 1.29 is 22.4 Å². The Labute approximate surface area is 251 Å². The molecule has 0 saturated carbocycles. The quantitative estimate of drug-likeness (QED) is 0.260. The number of nitrogens with zero attached hydrogens (tertiary/aromatic N) is 2. The van der Waals surface area contributed by atoms with Crippen molar-refractivity contribution >= 4 is 50.7 Å². The molecule has 1 N–H and O–H groups in total. The highest BCUT2D eigenvalue weighted by atomic mass is 35.5. The first-order valence-corrected chi connectivity index (χ1v) is 15.8. The molecular formula is C30H34Cl2FN3O4S. The van der Waals surface area contributed by atoms with Crippen LogP contribution in [0.1, 0.15) is 37.8 Å². The maximum atomic E-state index is 13.8. The molecule has 41 heavy (non-hydrogen) atoms. The minimum atomic E-state index is -3.70. The average molecular weight is 623 g/mol. The maximum Gasteiger partial charge on any atom is 0.243 e. The fourth-order valence-electron chi connectivity index (χ4n) is 4.38. The molecule has 11 heteroatoms. The first-order chi connectivity index (χ1) is 19.3. The number of anilines is 1. The van der Waals surface area contributed by atoms with E-state index in [0.717, 1.165) is 16.1 Å². The van der Waals surface area contributed by atoms with Crippen LogP contribution in [0.5, 0.6) is 0 Å². The minimum Gasteiger partial charge on any atom is -0.352 e. The molecule has 3 rings (SSSR count). The van der Waals surface area contributed by atoms with E-state index in [0.29, 0.717) is 21.3 Å². The third kappa shape index (κ3) is 9.73. The van der Waals surface area contributed by atoms with Crippen molar-refractivity contribution in [1.82, 2.24) is 10.2 Å². The van der Waals surface area contributed by atoms with Crippen LogP contribution in [0.25, 0.3) is 0 Å². The van der Waals surface area contributed by atoms with Crippen LogP contribution in [-0.4, -0.2) is 50.0 Å². The summed E-state index contributed by atoms with van der Waals surface area (Å²) in [5.74, 6) is -1.15. The van der Waals surface area contributed by atoms with Crippen molar-refractivity contribution in [3.63, 3.8) is 0 Å². The lowest BCUT2D eigenvalue weighted by Gasteiger charge is -2.32. The molecule has 0 aromatic heterocycles. The largest absolute Gasteiger partial charge is 0.352 e. The van der Waals surface area contributed by atoms with Gasteiger partial charge in [0.2, 0.25) is 21.8 Å². The Morgan fingerprint density at radius 3 is 2.22 bits per heavy atom. The van der Waals surface area contributed by atoms with E-state index in [1.165, 1.54) is 29.2 Å². The Bertz CT molecular complexity index is 1440. The van der Waals surface area contributed by atoms with Gasteiger partial charge in [-0.3, -0.25) is 13.9 Å². The monoisotopic (exact) mass is 621 g/mol. The average Bonchev–Trinajstić information content (AvgIpc) is 2.90. The summed E-state index contributed by atoms with van der Waals surface area (Å²) < 4.78 is 39.6. The summed E-state index contributed by atoms with van der Waals surface area (Å²) in [5.41, 5.74) is 1.78. The Hall–Kier alpha value is -3.14. The van der Waals surface area contributed by atoms with Gasteiger partial charge in [-0.15, -0.1) is 0 Å². The number of amides is 2. The van der Waals surface area contributed by atoms with Crippen LogP contribution in [0.3, 0.4) is 0 Å². The Balaban J connectivity index is 1.90. The van der Waals surface area contributed by atoms with Crippen LogP contribution < -0.4 is 9.62 Å². The third-order valence-electron chi connectivity index (χ3n) is 6.32. The molecule has 7 nitrogen and oxygen atoms in total. The van der Waals surface area contributed by atoms with Crippen LogP contribution in [0.2, 0.25) is 10.0 Å². The first-order valence-electron chi connectivity index (χ1n) is 13.2. The van der Waals surface area contributed by atoms with Crippen LogP contribution in [-0.2, 0) is 32.6 Å². The van der Waals surface area contributed by atoms with Crippen LogP contribution in [0.15, 0.2) is 72.8 Å². The second-order valence-electron chi connectivity index (χ2n) is 10.0. The van der Waals surface area contributed by atoms with Gasteiger partial charge in [0.05, 0.1) is 11.9 Å². The lowest BCUT2D eigenvalue weighted by atomic mass is 10.0. The topological polar surface area (TPSA) is 86.8 Å². The fraction of sp³-hybridized carbons (Fsp3) is 0.333. The predicted octanol–water partition coefficient (Wildman–Crippen LogP) is 5.84. The summed E-state index contributed by atoms with van der Waals surface area (Å²) in [6, 6.07) is 18.4. The summed E-state index contributed by atoms with van der Waals surface area (Å²) in [4.78, 5) is 28.8. The summed E-state index contributed by atoms with van der Waals surface area (Å²) in [6.45, 7) is 3.72. The summed E-state index contributed by atoms with van der Waals surface area (Å²) in [5, 5.41) is 3.72. The van der Waals surface area contributed by atoms with E-state index in [2.05, 4.69) is 5.32 Å². The number of hydrogen-bond acceptors (Lipinski definition) is 4. The smallest absolute Gasteiger partial charge is 0.243 e. The molecular weight excluding hydrogens is 588 g/mol. The molecule has 0 aliphatic rings. The van der Waals surface area contributed by atoms with Crippen LogP contribution in [0.4, 0.5) is 10.1 Å². The van der Waals surface area contributed by atoms with Crippen molar-refractivity contribution in [2.45, 2.75) is 51.7 Å². The highest BCUT2D eigenvalue weighted by Crippen LogP contribution is 2.25. The summed E-state index contributed by atoms with van der Waals surface area (Å²) in [6.07, 6.45) is 1.44. The lowest BCUT2D eigenvalue weighted by molar-refractivity contribution is -0.141. The van der Waals surface area contributed by atoms with Gasteiger partial charge in [0, 0.05) is 42.0 Å². The molecule has 0 saturated heterocycles. The molecule has 0 radical (unpaired) electrons.